The van der Waals surface area contributed by atoms with Crippen LogP contribution in [0.5, 0.6) is 11.5 Å². The van der Waals surface area contributed by atoms with Crippen molar-refractivity contribution < 1.29 is 59.2 Å². The normalized spacial score (nSPS) is 27.1. The van der Waals surface area contributed by atoms with E-state index in [-0.39, 0.29) is 11.5 Å². The molecular weight excluding hydrogens is 420 g/mol. The number of carbonyl (C=O) groups excluding carboxylic acids is 1. The minimum Gasteiger partial charge on any atom is -0.504 e. The number of carbonyl (C=O) groups is 2. The van der Waals surface area contributed by atoms with Crippen LogP contribution in [0, 0.1) is 0 Å². The van der Waals surface area contributed by atoms with Crippen molar-refractivity contribution in [3.63, 3.8) is 0 Å². The third-order valence-electron chi connectivity index (χ3n) is 4.30. The molecule has 172 valence electrons. The third-order valence-corrected chi connectivity index (χ3v) is 4.30. The number of methoxy groups -OCH3 is 1. The summed E-state index contributed by atoms with van der Waals surface area (Å²) in [5, 5.41) is 57.4. The van der Waals surface area contributed by atoms with Crippen molar-refractivity contribution in [1.29, 1.82) is 0 Å². The highest BCUT2D eigenvalue weighted by molar-refractivity contribution is 5.87. The van der Waals surface area contributed by atoms with Gasteiger partial charge in [0.2, 0.25) is 0 Å². The molecule has 1 fully saturated rings. The number of hydrogen-bond acceptors (Lipinski definition) is 11. The first-order chi connectivity index (χ1) is 14.6. The average molecular weight is 444 g/mol. The van der Waals surface area contributed by atoms with Gasteiger partial charge in [0.25, 0.3) is 0 Å². The second kappa shape index (κ2) is 11.0. The minimum absolute atomic E-state index is 0.0610. The molecule has 1 aromatic carbocycles. The van der Waals surface area contributed by atoms with E-state index in [2.05, 4.69) is 0 Å². The highest BCUT2D eigenvalue weighted by atomic mass is 16.7. The van der Waals surface area contributed by atoms with Gasteiger partial charge in [0.1, 0.15) is 31.0 Å². The summed E-state index contributed by atoms with van der Waals surface area (Å²) in [4.78, 5) is 22.8. The number of ether oxygens (including phenoxy) is 4. The first kappa shape index (κ1) is 24.5. The molecule has 1 aromatic rings. The Labute approximate surface area is 176 Å². The first-order valence-corrected chi connectivity index (χ1v) is 9.08. The Kier molecular flexibility index (Phi) is 8.74. The van der Waals surface area contributed by atoms with Gasteiger partial charge in [0.05, 0.1) is 13.7 Å². The summed E-state index contributed by atoms with van der Waals surface area (Å²) in [7, 11) is 1.38. The molecule has 1 aliphatic rings. The Hall–Kier alpha value is -2.74. The van der Waals surface area contributed by atoms with Crippen molar-refractivity contribution >= 4 is 18.0 Å². The lowest BCUT2D eigenvalue weighted by Crippen LogP contribution is -2.60. The molecule has 12 heteroatoms. The fourth-order valence-corrected chi connectivity index (χ4v) is 2.63. The fourth-order valence-electron chi connectivity index (χ4n) is 2.63. The predicted octanol–water partition coefficient (Wildman–Crippen LogP) is -1.77. The van der Waals surface area contributed by atoms with Crippen LogP contribution >= 0.6 is 0 Å². The maximum absolute atomic E-state index is 11.8. The maximum Gasteiger partial charge on any atom is 0.335 e. The number of aliphatic hydroxyl groups excluding tert-OH is 4. The summed E-state index contributed by atoms with van der Waals surface area (Å²) < 4.78 is 19.7. The smallest absolute Gasteiger partial charge is 0.335 e. The van der Waals surface area contributed by atoms with Gasteiger partial charge in [-0.15, -0.1) is 0 Å². The number of aromatic hydroxyl groups is 1. The van der Waals surface area contributed by atoms with E-state index in [0.717, 1.165) is 6.08 Å². The Balaban J connectivity index is 1.80. The van der Waals surface area contributed by atoms with Gasteiger partial charge in [0.15, 0.2) is 23.9 Å². The molecule has 1 aliphatic heterocycles. The van der Waals surface area contributed by atoms with Crippen LogP contribution < -0.4 is 4.74 Å². The van der Waals surface area contributed by atoms with E-state index in [1.165, 1.54) is 31.4 Å². The number of phenolic OH excluding ortho intramolecular Hbond substituents is 1. The summed E-state index contributed by atoms with van der Waals surface area (Å²) in [6.45, 7) is -1.01. The highest BCUT2D eigenvalue weighted by Gasteiger charge is 2.47. The SMILES string of the molecule is COc1cc(/C=C/C(=O)OCC(O)CO[C@H]2O[C@H](C(=O)O)[C@@H](O)[C@H](O)[C@H]2O)ccc1O. The molecule has 1 saturated heterocycles. The lowest BCUT2D eigenvalue weighted by atomic mass is 9.99. The molecule has 31 heavy (non-hydrogen) atoms. The zero-order chi connectivity index (χ0) is 23.1. The van der Waals surface area contributed by atoms with Crippen molar-refractivity contribution in [1.82, 2.24) is 0 Å². The van der Waals surface area contributed by atoms with Crippen LogP contribution in [0.4, 0.5) is 0 Å². The molecule has 12 nitrogen and oxygen atoms in total. The number of esters is 1. The Morgan fingerprint density at radius 3 is 2.52 bits per heavy atom. The van der Waals surface area contributed by atoms with Gasteiger partial charge in [-0.25, -0.2) is 9.59 Å². The van der Waals surface area contributed by atoms with Crippen LogP contribution in [0.1, 0.15) is 5.56 Å². The van der Waals surface area contributed by atoms with Crippen LogP contribution in [0.15, 0.2) is 24.3 Å². The number of carboxylic acids is 1. The highest BCUT2D eigenvalue weighted by Crippen LogP contribution is 2.26. The molecule has 0 radical (unpaired) electrons. The van der Waals surface area contributed by atoms with Crippen molar-refractivity contribution in [2.75, 3.05) is 20.3 Å². The molecule has 0 saturated carbocycles. The summed E-state index contributed by atoms with van der Waals surface area (Å²) in [5.74, 6) is -2.20. The van der Waals surface area contributed by atoms with Gasteiger partial charge in [-0.2, -0.15) is 0 Å². The Morgan fingerprint density at radius 2 is 1.87 bits per heavy atom. The summed E-state index contributed by atoms with van der Waals surface area (Å²) in [5.41, 5.74) is 0.549. The van der Waals surface area contributed by atoms with Crippen molar-refractivity contribution in [3.8, 4) is 11.5 Å². The second-order valence-corrected chi connectivity index (χ2v) is 6.62. The second-order valence-electron chi connectivity index (χ2n) is 6.62. The van der Waals surface area contributed by atoms with E-state index in [9.17, 15) is 35.1 Å². The lowest BCUT2D eigenvalue weighted by molar-refractivity contribution is -0.298. The molecule has 0 aliphatic carbocycles. The average Bonchev–Trinajstić information content (AvgIpc) is 2.74. The molecule has 0 amide bonds. The summed E-state index contributed by atoms with van der Waals surface area (Å²) in [6, 6.07) is 4.42. The number of aliphatic carboxylic acids is 1. The van der Waals surface area contributed by atoms with Gasteiger partial charge in [0, 0.05) is 6.08 Å². The van der Waals surface area contributed by atoms with E-state index in [4.69, 9.17) is 24.1 Å². The number of carboxylic acid groups (broad SMARTS) is 1. The monoisotopic (exact) mass is 444 g/mol. The van der Waals surface area contributed by atoms with Crippen molar-refractivity contribution in [2.24, 2.45) is 0 Å². The molecule has 2 rings (SSSR count). The molecule has 0 spiro atoms. The van der Waals surface area contributed by atoms with Crippen molar-refractivity contribution in [3.05, 3.63) is 29.8 Å². The van der Waals surface area contributed by atoms with Gasteiger partial charge in [-0.05, 0) is 23.8 Å². The first-order valence-electron chi connectivity index (χ1n) is 9.08. The number of benzene rings is 1. The van der Waals surface area contributed by atoms with Crippen LogP contribution in [0.2, 0.25) is 0 Å². The van der Waals surface area contributed by atoms with Gasteiger partial charge >= 0.3 is 11.9 Å². The van der Waals surface area contributed by atoms with Crippen LogP contribution in [-0.4, -0.2) is 99.7 Å². The van der Waals surface area contributed by atoms with Gasteiger partial charge < -0.3 is 49.6 Å². The zero-order valence-electron chi connectivity index (χ0n) is 16.4. The van der Waals surface area contributed by atoms with E-state index < -0.39 is 62.0 Å². The molecular formula is C19H24O12. The molecule has 6 atom stereocenters. The molecule has 6 N–H and O–H groups in total. The summed E-state index contributed by atoms with van der Waals surface area (Å²) >= 11 is 0. The van der Waals surface area contributed by atoms with Crippen LogP contribution in [-0.2, 0) is 23.8 Å². The molecule has 1 heterocycles. The number of rotatable bonds is 9. The zero-order valence-corrected chi connectivity index (χ0v) is 16.4. The van der Waals surface area contributed by atoms with Gasteiger partial charge in [-0.3, -0.25) is 0 Å². The van der Waals surface area contributed by atoms with E-state index in [0.29, 0.717) is 5.56 Å². The van der Waals surface area contributed by atoms with Crippen LogP contribution in [0.25, 0.3) is 6.08 Å². The third kappa shape index (κ3) is 6.62. The number of hydrogen-bond donors (Lipinski definition) is 6. The topological polar surface area (TPSA) is 192 Å². The largest absolute Gasteiger partial charge is 0.504 e. The predicted molar refractivity (Wildman–Crippen MR) is 101 cm³/mol. The van der Waals surface area contributed by atoms with E-state index in [1.54, 1.807) is 0 Å². The fraction of sp³-hybridized carbons (Fsp3) is 0.474. The van der Waals surface area contributed by atoms with Crippen LogP contribution in [0.3, 0.4) is 0 Å². The standard InChI is InChI=1S/C19H24O12/c1-28-12-6-9(2-4-11(12)21)3-5-13(22)29-7-10(20)8-30-19-16(25)14(23)15(24)17(31-19)18(26)27/h2-6,10,14-17,19-21,23-25H,7-8H2,1H3,(H,26,27)/b5-3+/t10?,14-,15-,16+,17-,19-/m0/s1. The summed E-state index contributed by atoms with van der Waals surface area (Å²) in [6.07, 6.45) is -7.78. The van der Waals surface area contributed by atoms with Gasteiger partial charge in [-0.1, -0.05) is 6.07 Å². The minimum atomic E-state index is -1.86. The molecule has 0 aromatic heterocycles. The number of phenols is 1. The lowest BCUT2D eigenvalue weighted by Gasteiger charge is -2.38. The Bertz CT molecular complexity index is 794. The van der Waals surface area contributed by atoms with Crippen molar-refractivity contribution in [2.45, 2.75) is 36.8 Å². The molecule has 1 unspecified atom stereocenters. The maximum atomic E-state index is 11.8. The molecule has 0 bridgehead atoms. The quantitative estimate of drug-likeness (QED) is 0.186. The number of aliphatic hydroxyl groups is 4. The van der Waals surface area contributed by atoms with E-state index >= 15 is 0 Å². The Morgan fingerprint density at radius 1 is 1.16 bits per heavy atom. The van der Waals surface area contributed by atoms with E-state index in [1.807, 2.05) is 0 Å².